The number of nitrogens with zero attached hydrogens (tertiary/aromatic N) is 2. The fraction of sp³-hybridized carbons (Fsp3) is 0.154. The Morgan fingerprint density at radius 2 is 2.00 bits per heavy atom. The quantitative estimate of drug-likeness (QED) is 0.620. The van der Waals surface area contributed by atoms with E-state index in [1.165, 1.54) is 10.9 Å². The van der Waals surface area contributed by atoms with E-state index in [1.54, 1.807) is 7.11 Å². The fourth-order valence-corrected chi connectivity index (χ4v) is 2.06. The summed E-state index contributed by atoms with van der Waals surface area (Å²) in [5.74, 6) is 0.677. The highest BCUT2D eigenvalue weighted by Crippen LogP contribution is 2.25. The average molecular weight is 212 g/mol. The monoisotopic (exact) mass is 212 g/mol. The van der Waals surface area contributed by atoms with E-state index in [4.69, 9.17) is 4.74 Å². The predicted molar refractivity (Wildman–Crippen MR) is 64.0 cm³/mol. The lowest BCUT2D eigenvalue weighted by molar-refractivity contribution is 0.400. The molecule has 0 fully saturated rings. The van der Waals surface area contributed by atoms with E-state index >= 15 is 0 Å². The van der Waals surface area contributed by atoms with Crippen molar-refractivity contribution >= 4 is 16.4 Å². The Labute approximate surface area is 93.3 Å². The van der Waals surface area contributed by atoms with Crippen LogP contribution in [0.2, 0.25) is 0 Å². The van der Waals surface area contributed by atoms with Crippen LogP contribution in [0.4, 0.5) is 0 Å². The number of rotatable bonds is 1. The number of methoxy groups -OCH3 is 1. The molecule has 3 rings (SSSR count). The van der Waals surface area contributed by atoms with Gasteiger partial charge >= 0.3 is 0 Å². The van der Waals surface area contributed by atoms with Gasteiger partial charge in [-0.25, -0.2) is 4.98 Å². The molecule has 0 aliphatic heterocycles. The summed E-state index contributed by atoms with van der Waals surface area (Å²) in [6, 6.07) is 10.4. The SMILES string of the molecule is COc1nc(C)cn2c1cc1ccccc12. The minimum Gasteiger partial charge on any atom is -0.479 e. The number of fused-ring (bicyclic) bond motifs is 3. The van der Waals surface area contributed by atoms with Gasteiger partial charge in [-0.05, 0) is 19.1 Å². The van der Waals surface area contributed by atoms with Crippen LogP contribution in [-0.4, -0.2) is 16.5 Å². The van der Waals surface area contributed by atoms with Gasteiger partial charge in [-0.2, -0.15) is 0 Å². The molecular weight excluding hydrogens is 200 g/mol. The number of hydrogen-bond donors (Lipinski definition) is 0. The third-order valence-corrected chi connectivity index (χ3v) is 2.75. The summed E-state index contributed by atoms with van der Waals surface area (Å²) in [7, 11) is 1.65. The third kappa shape index (κ3) is 1.18. The average Bonchev–Trinajstić information content (AvgIpc) is 2.67. The maximum atomic E-state index is 5.31. The van der Waals surface area contributed by atoms with Gasteiger partial charge in [-0.1, -0.05) is 18.2 Å². The number of aryl methyl sites for hydroxylation is 1. The van der Waals surface area contributed by atoms with E-state index in [9.17, 15) is 0 Å². The second-order valence-corrected chi connectivity index (χ2v) is 3.85. The lowest BCUT2D eigenvalue weighted by atomic mass is 10.2. The maximum absolute atomic E-state index is 5.31. The predicted octanol–water partition coefficient (Wildman–Crippen LogP) is 2.80. The number of benzene rings is 1. The van der Waals surface area contributed by atoms with E-state index in [2.05, 4.69) is 27.6 Å². The number of ether oxygens (including phenoxy) is 1. The van der Waals surface area contributed by atoms with Gasteiger partial charge in [-0.3, -0.25) is 0 Å². The van der Waals surface area contributed by atoms with Crippen molar-refractivity contribution in [3.63, 3.8) is 0 Å². The topological polar surface area (TPSA) is 26.5 Å². The molecule has 16 heavy (non-hydrogen) atoms. The first-order valence-corrected chi connectivity index (χ1v) is 5.21. The van der Waals surface area contributed by atoms with Crippen LogP contribution in [0.5, 0.6) is 5.88 Å². The van der Waals surface area contributed by atoms with Crippen molar-refractivity contribution in [1.82, 2.24) is 9.38 Å². The molecule has 0 atom stereocenters. The molecule has 1 aromatic carbocycles. The molecule has 0 unspecified atom stereocenters. The molecule has 0 saturated heterocycles. The Morgan fingerprint density at radius 1 is 1.19 bits per heavy atom. The molecule has 0 amide bonds. The van der Waals surface area contributed by atoms with Gasteiger partial charge in [0.1, 0.15) is 5.52 Å². The van der Waals surface area contributed by atoms with Crippen molar-refractivity contribution in [3.8, 4) is 5.88 Å². The number of hydrogen-bond acceptors (Lipinski definition) is 2. The Hall–Kier alpha value is -2.03. The Bertz CT molecular complexity index is 670. The first kappa shape index (κ1) is 9.21. The first-order chi connectivity index (χ1) is 7.79. The van der Waals surface area contributed by atoms with Gasteiger partial charge in [0.05, 0.1) is 18.3 Å². The zero-order chi connectivity index (χ0) is 11.1. The van der Waals surface area contributed by atoms with E-state index in [1.807, 2.05) is 25.3 Å². The van der Waals surface area contributed by atoms with Crippen LogP contribution in [0.3, 0.4) is 0 Å². The Morgan fingerprint density at radius 3 is 2.81 bits per heavy atom. The van der Waals surface area contributed by atoms with Gasteiger partial charge in [0.2, 0.25) is 5.88 Å². The summed E-state index contributed by atoms with van der Waals surface area (Å²) >= 11 is 0. The van der Waals surface area contributed by atoms with Crippen LogP contribution < -0.4 is 4.74 Å². The summed E-state index contributed by atoms with van der Waals surface area (Å²) in [6.45, 7) is 1.97. The second kappa shape index (κ2) is 3.23. The van der Waals surface area contributed by atoms with Crippen LogP contribution >= 0.6 is 0 Å². The molecule has 0 radical (unpaired) electrons. The standard InChI is InChI=1S/C13H12N2O/c1-9-8-15-11-6-4-3-5-10(11)7-12(15)13(14-9)16-2/h3-8H,1-2H3. The molecule has 3 heteroatoms. The van der Waals surface area contributed by atoms with Crippen LogP contribution in [0.25, 0.3) is 16.4 Å². The van der Waals surface area contributed by atoms with Gasteiger partial charge in [0, 0.05) is 11.6 Å². The van der Waals surface area contributed by atoms with Crippen molar-refractivity contribution in [2.45, 2.75) is 6.92 Å². The highest BCUT2D eigenvalue weighted by molar-refractivity contribution is 5.88. The number of aromatic nitrogens is 2. The van der Waals surface area contributed by atoms with Crippen molar-refractivity contribution in [1.29, 1.82) is 0 Å². The first-order valence-electron chi connectivity index (χ1n) is 5.21. The summed E-state index contributed by atoms with van der Waals surface area (Å²) in [6.07, 6.45) is 2.03. The maximum Gasteiger partial charge on any atom is 0.238 e. The van der Waals surface area contributed by atoms with Crippen molar-refractivity contribution in [3.05, 3.63) is 42.2 Å². The zero-order valence-electron chi connectivity index (χ0n) is 9.27. The highest BCUT2D eigenvalue weighted by Gasteiger charge is 2.08. The molecule has 3 nitrogen and oxygen atoms in total. The van der Waals surface area contributed by atoms with Crippen LogP contribution in [0, 0.1) is 6.92 Å². The Kier molecular flexibility index (Phi) is 1.86. The minimum absolute atomic E-state index is 0.677. The van der Waals surface area contributed by atoms with Gasteiger partial charge in [0.15, 0.2) is 0 Å². The molecule has 2 heterocycles. The molecule has 3 aromatic rings. The second-order valence-electron chi connectivity index (χ2n) is 3.85. The fourth-order valence-electron chi connectivity index (χ4n) is 2.06. The molecule has 0 aliphatic carbocycles. The van der Waals surface area contributed by atoms with Crippen LogP contribution in [-0.2, 0) is 0 Å². The molecule has 0 spiro atoms. The van der Waals surface area contributed by atoms with Gasteiger partial charge in [-0.15, -0.1) is 0 Å². The summed E-state index contributed by atoms with van der Waals surface area (Å²) < 4.78 is 7.43. The molecule has 2 aromatic heterocycles. The minimum atomic E-state index is 0.677. The van der Waals surface area contributed by atoms with E-state index in [-0.39, 0.29) is 0 Å². The molecule has 0 aliphatic rings. The number of para-hydroxylation sites is 1. The van der Waals surface area contributed by atoms with E-state index in [0.29, 0.717) is 5.88 Å². The zero-order valence-corrected chi connectivity index (χ0v) is 9.27. The highest BCUT2D eigenvalue weighted by atomic mass is 16.5. The van der Waals surface area contributed by atoms with Crippen LogP contribution in [0.1, 0.15) is 5.69 Å². The summed E-state index contributed by atoms with van der Waals surface area (Å²) in [5, 5.41) is 1.20. The third-order valence-electron chi connectivity index (χ3n) is 2.75. The van der Waals surface area contributed by atoms with Crippen LogP contribution in [0.15, 0.2) is 36.5 Å². The smallest absolute Gasteiger partial charge is 0.238 e. The molecule has 0 saturated carbocycles. The van der Waals surface area contributed by atoms with Gasteiger partial charge in [0.25, 0.3) is 0 Å². The van der Waals surface area contributed by atoms with Crippen molar-refractivity contribution in [2.24, 2.45) is 0 Å². The normalized spacial score (nSPS) is 11.1. The largest absolute Gasteiger partial charge is 0.479 e. The van der Waals surface area contributed by atoms with Crippen molar-refractivity contribution in [2.75, 3.05) is 7.11 Å². The molecule has 80 valence electrons. The van der Waals surface area contributed by atoms with E-state index in [0.717, 1.165) is 11.2 Å². The summed E-state index contributed by atoms with van der Waals surface area (Å²) in [5.41, 5.74) is 3.14. The van der Waals surface area contributed by atoms with E-state index < -0.39 is 0 Å². The Balaban J connectivity index is 2.54. The lowest BCUT2D eigenvalue weighted by Gasteiger charge is -2.04. The lowest BCUT2D eigenvalue weighted by Crippen LogP contribution is -1.95. The van der Waals surface area contributed by atoms with Gasteiger partial charge < -0.3 is 9.14 Å². The molecule has 0 N–H and O–H groups in total. The summed E-state index contributed by atoms with van der Waals surface area (Å²) in [4.78, 5) is 4.37. The van der Waals surface area contributed by atoms with Crippen molar-refractivity contribution < 1.29 is 4.74 Å². The molecular formula is C13H12N2O. The molecule has 0 bridgehead atoms.